The van der Waals surface area contributed by atoms with Crippen molar-refractivity contribution in [1.29, 1.82) is 0 Å². The van der Waals surface area contributed by atoms with E-state index in [4.69, 9.17) is 21.1 Å². The van der Waals surface area contributed by atoms with E-state index in [1.54, 1.807) is 24.1 Å². The monoisotopic (exact) mass is 849 g/mol. The second-order valence-electron chi connectivity index (χ2n) is 16.7. The number of likely N-dealkylation sites (tertiary alicyclic amines) is 1. The minimum atomic E-state index is -4.51. The second kappa shape index (κ2) is 16.9. The Morgan fingerprint density at radius 1 is 1.16 bits per heavy atom. The number of hydrogen-bond acceptors (Lipinski definition) is 10. The molecule has 5 aliphatic rings. The van der Waals surface area contributed by atoms with Crippen LogP contribution >= 0.6 is 11.6 Å². The molecule has 0 radical (unpaired) electrons. The number of rotatable bonds is 9. The number of alkyl halides is 2. The highest BCUT2D eigenvalue weighted by molar-refractivity contribution is 7.87. The molecule has 5 atom stereocenters. The molecule has 0 aromatic heterocycles. The van der Waals surface area contributed by atoms with Crippen LogP contribution in [0.5, 0.6) is 5.75 Å². The summed E-state index contributed by atoms with van der Waals surface area (Å²) in [5.74, 6) is -3.80. The number of nitrogens with one attached hydrogen (secondary N) is 1. The number of aliphatic hydroxyl groups is 2. The fourth-order valence-corrected chi connectivity index (χ4v) is 10.2. The van der Waals surface area contributed by atoms with Gasteiger partial charge in [-0.15, -0.1) is 0 Å². The lowest BCUT2D eigenvalue weighted by atomic mass is 9.68. The fourth-order valence-electron chi connectivity index (χ4n) is 9.15. The molecular formula is C41H54ClF2N5O8S. The van der Waals surface area contributed by atoms with Crippen molar-refractivity contribution in [3.05, 3.63) is 70.3 Å². The number of hydrogen-bond donors (Lipinski definition) is 3. The maximum atomic E-state index is 14.1. The van der Waals surface area contributed by atoms with E-state index in [2.05, 4.69) is 11.0 Å². The normalized spacial score (nSPS) is 29.4. The second-order valence-corrected chi connectivity index (χ2v) is 19.0. The van der Waals surface area contributed by atoms with Crippen LogP contribution in [0.25, 0.3) is 0 Å². The Morgan fingerprint density at radius 2 is 1.95 bits per heavy atom. The molecule has 2 amide bonds. The summed E-state index contributed by atoms with van der Waals surface area (Å²) in [4.78, 5) is 33.2. The summed E-state index contributed by atoms with van der Waals surface area (Å²) in [6.07, 6.45) is 7.75. The molecule has 2 aliphatic carbocycles. The van der Waals surface area contributed by atoms with Crippen molar-refractivity contribution in [2.45, 2.75) is 68.0 Å². The quantitative estimate of drug-likeness (QED) is 0.320. The average molecular weight is 850 g/mol. The summed E-state index contributed by atoms with van der Waals surface area (Å²) >= 11 is 6.47. The van der Waals surface area contributed by atoms with Crippen LogP contribution in [0.3, 0.4) is 0 Å². The van der Waals surface area contributed by atoms with Gasteiger partial charge in [0.25, 0.3) is 11.8 Å². The van der Waals surface area contributed by atoms with Crippen LogP contribution in [0.15, 0.2) is 48.6 Å². The molecule has 0 unspecified atom stereocenters. The van der Waals surface area contributed by atoms with Gasteiger partial charge in [0.05, 0.1) is 51.1 Å². The van der Waals surface area contributed by atoms with Crippen molar-refractivity contribution >= 4 is 39.3 Å². The molecular weight excluding hydrogens is 796 g/mol. The van der Waals surface area contributed by atoms with Gasteiger partial charge in [0, 0.05) is 57.3 Å². The molecule has 58 heavy (non-hydrogen) atoms. The third-order valence-corrected chi connectivity index (χ3v) is 14.4. The lowest BCUT2D eigenvalue weighted by Crippen LogP contribution is -2.57. The third-order valence-electron chi connectivity index (χ3n) is 12.7. The molecule has 2 aromatic rings. The molecule has 2 fully saturated rings. The number of fused-ring (bicyclic) bond motifs is 4. The zero-order chi connectivity index (χ0) is 41.5. The van der Waals surface area contributed by atoms with Crippen LogP contribution in [0.2, 0.25) is 5.02 Å². The van der Waals surface area contributed by atoms with Crippen LogP contribution in [0, 0.1) is 11.8 Å². The van der Waals surface area contributed by atoms with Gasteiger partial charge in [-0.3, -0.25) is 14.5 Å². The zero-order valence-electron chi connectivity index (χ0n) is 33.0. The van der Waals surface area contributed by atoms with E-state index in [0.717, 1.165) is 47.5 Å². The van der Waals surface area contributed by atoms with E-state index in [-0.39, 0.29) is 49.7 Å². The van der Waals surface area contributed by atoms with Gasteiger partial charge >= 0.3 is 10.2 Å². The zero-order valence-corrected chi connectivity index (χ0v) is 34.6. The average Bonchev–Trinajstić information content (AvgIpc) is 3.30. The summed E-state index contributed by atoms with van der Waals surface area (Å²) in [5.41, 5.74) is -0.152. The molecule has 3 N–H and O–H groups in total. The van der Waals surface area contributed by atoms with Crippen LogP contribution in [-0.2, 0) is 42.0 Å². The largest absolute Gasteiger partial charge is 0.490 e. The minimum Gasteiger partial charge on any atom is -0.490 e. The first kappa shape index (κ1) is 42.7. The molecule has 3 heterocycles. The first-order chi connectivity index (χ1) is 27.5. The van der Waals surface area contributed by atoms with E-state index in [1.165, 1.54) is 18.0 Å². The summed E-state index contributed by atoms with van der Waals surface area (Å²) in [6, 6.07) is 10.8. The van der Waals surface area contributed by atoms with Crippen molar-refractivity contribution < 1.29 is 46.5 Å². The number of carbonyl (C=O) groups excluding carboxylic acids is 2. The third kappa shape index (κ3) is 8.89. The molecule has 3 aliphatic heterocycles. The van der Waals surface area contributed by atoms with Gasteiger partial charge < -0.3 is 29.5 Å². The van der Waals surface area contributed by atoms with E-state index in [9.17, 15) is 37.0 Å². The number of anilines is 1. The number of benzene rings is 2. The van der Waals surface area contributed by atoms with E-state index >= 15 is 0 Å². The van der Waals surface area contributed by atoms with Crippen molar-refractivity contribution in [2.75, 3.05) is 84.6 Å². The molecule has 318 valence electrons. The van der Waals surface area contributed by atoms with E-state index in [1.807, 2.05) is 29.0 Å². The van der Waals surface area contributed by atoms with Crippen molar-refractivity contribution in [3.63, 3.8) is 0 Å². The number of ether oxygens (including phenoxy) is 2. The van der Waals surface area contributed by atoms with Crippen LogP contribution in [0.1, 0.15) is 55.2 Å². The number of amides is 2. The highest BCUT2D eigenvalue weighted by atomic mass is 35.5. The predicted octanol–water partition coefficient (Wildman–Crippen LogP) is 3.46. The Labute approximate surface area is 344 Å². The number of carbonyl (C=O) groups is 2. The van der Waals surface area contributed by atoms with Crippen molar-refractivity contribution in [1.82, 2.24) is 18.8 Å². The van der Waals surface area contributed by atoms with Gasteiger partial charge in [0.2, 0.25) is 5.91 Å². The first-order valence-electron chi connectivity index (χ1n) is 20.1. The number of halogens is 3. The number of likely N-dealkylation sites (N-methyl/N-ethyl adjacent to an activating group) is 1. The number of aliphatic hydroxyl groups excluding tert-OH is 1. The Kier molecular flexibility index (Phi) is 12.5. The molecule has 17 heteroatoms. The summed E-state index contributed by atoms with van der Waals surface area (Å²) < 4.78 is 69.2. The van der Waals surface area contributed by atoms with Crippen LogP contribution < -0.4 is 14.4 Å². The number of nitrogens with zero attached hydrogens (tertiary/aromatic N) is 4. The SMILES string of the molecule is CN1CC/C=C/[C@H](OCCN2CC(F)(F)C2)[C@@H]2CC[C@H]2CN2C[C@@]3(CCCc4cc(Cl)ccc43)COc3ccc(cc32)[C@@](O)(C(=O)NS(=O)(=O)N(C)CCO)CC1=O. The smallest absolute Gasteiger partial charge is 0.303 e. The Balaban J connectivity index is 1.27. The van der Waals surface area contributed by atoms with E-state index in [0.29, 0.717) is 55.7 Å². The lowest BCUT2D eigenvalue weighted by molar-refractivity contribution is -0.148. The minimum absolute atomic E-state index is 0.0146. The molecule has 2 bridgehead atoms. The van der Waals surface area contributed by atoms with Gasteiger partial charge in [-0.05, 0) is 91.3 Å². The maximum Gasteiger partial charge on any atom is 0.303 e. The van der Waals surface area contributed by atoms with E-state index < -0.39 is 52.0 Å². The molecule has 1 saturated carbocycles. The number of aryl methyl sites for hydroxylation is 1. The molecule has 7 rings (SSSR count). The Hall–Kier alpha value is -3.38. The maximum absolute atomic E-state index is 14.1. The molecule has 1 saturated heterocycles. The Morgan fingerprint density at radius 3 is 2.67 bits per heavy atom. The highest BCUT2D eigenvalue weighted by Gasteiger charge is 2.48. The molecule has 2 aromatic carbocycles. The van der Waals surface area contributed by atoms with Crippen LogP contribution in [0.4, 0.5) is 14.5 Å². The topological polar surface area (TPSA) is 152 Å². The first-order valence-corrected chi connectivity index (χ1v) is 21.9. The van der Waals surface area contributed by atoms with Gasteiger partial charge in [-0.1, -0.05) is 35.9 Å². The predicted molar refractivity (Wildman–Crippen MR) is 214 cm³/mol. The highest BCUT2D eigenvalue weighted by Crippen LogP contribution is 2.48. The molecule has 1 spiro atoms. The van der Waals surface area contributed by atoms with Gasteiger partial charge in [-0.2, -0.15) is 12.7 Å². The standard InChI is InChI=1S/C41H54ClF2N5O8S/c1-46-15-4-3-7-35(56-19-17-48-25-40(43,44)26-48)32-11-8-29(32)23-49-24-39(14-5-6-28-20-31(42)10-12-33(28)39)27-57-36-13-9-30(21-34(36)49)41(53,22-37(46)51)38(52)45-58(54,55)47(2)16-18-50/h3,7,9-10,12-13,20-21,29,32,35,50,53H,4-6,8,11,14-19,22-27H2,1-2H3,(H,45,52)/b7-3+/t29-,32+,35-,39-,41+/m0/s1. The van der Waals surface area contributed by atoms with Gasteiger partial charge in [0.1, 0.15) is 5.75 Å². The molecule has 13 nitrogen and oxygen atoms in total. The summed E-state index contributed by atoms with van der Waals surface area (Å²) in [7, 11) is -1.78. The fraction of sp³-hybridized carbons (Fsp3) is 0.610. The Bertz CT molecular complexity index is 2000. The summed E-state index contributed by atoms with van der Waals surface area (Å²) in [5, 5.41) is 22.4. The van der Waals surface area contributed by atoms with Crippen molar-refractivity contribution in [3.8, 4) is 5.75 Å². The van der Waals surface area contributed by atoms with Crippen molar-refractivity contribution in [2.24, 2.45) is 11.8 Å². The van der Waals surface area contributed by atoms with Gasteiger partial charge in [0.15, 0.2) is 5.60 Å². The summed E-state index contributed by atoms with van der Waals surface area (Å²) in [6.45, 7) is 1.03. The van der Waals surface area contributed by atoms with Gasteiger partial charge in [-0.25, -0.2) is 13.5 Å². The lowest BCUT2D eigenvalue weighted by Gasteiger charge is -2.46. The van der Waals surface area contributed by atoms with Crippen LogP contribution in [-0.4, -0.2) is 136 Å².